The van der Waals surface area contributed by atoms with Gasteiger partial charge in [0.25, 0.3) is 0 Å². The summed E-state index contributed by atoms with van der Waals surface area (Å²) in [6.45, 7) is 4.31. The first kappa shape index (κ1) is 17.6. The van der Waals surface area contributed by atoms with Crippen LogP contribution in [0.4, 0.5) is 5.69 Å². The number of nitrogens with zero attached hydrogens (tertiary/aromatic N) is 2. The molecule has 0 radical (unpaired) electrons. The van der Waals surface area contributed by atoms with Crippen molar-refractivity contribution in [2.45, 2.75) is 37.6 Å². The van der Waals surface area contributed by atoms with E-state index < -0.39 is 0 Å². The Morgan fingerprint density at radius 3 is 2.61 bits per heavy atom. The smallest absolute Gasteiger partial charge is 0.174 e. The van der Waals surface area contributed by atoms with Gasteiger partial charge in [-0.1, -0.05) is 38.1 Å². The van der Waals surface area contributed by atoms with Gasteiger partial charge in [-0.25, -0.2) is 4.99 Å². The third-order valence-electron chi connectivity index (χ3n) is 5.62. The molecule has 1 aliphatic carbocycles. The molecule has 0 amide bonds. The van der Waals surface area contributed by atoms with E-state index >= 15 is 0 Å². The quantitative estimate of drug-likeness (QED) is 0.692. The monoisotopic (exact) mass is 390 g/mol. The summed E-state index contributed by atoms with van der Waals surface area (Å²) in [7, 11) is 1.67. The number of amidine groups is 1. The average molecular weight is 391 g/mol. The number of aliphatic imine (C=N–C) groups is 1. The van der Waals surface area contributed by atoms with Gasteiger partial charge in [0.05, 0.1) is 24.5 Å². The van der Waals surface area contributed by atoms with Crippen LogP contribution in [0.5, 0.6) is 5.75 Å². The molecule has 0 spiro atoms. The largest absolute Gasteiger partial charge is 0.497 e. The fourth-order valence-electron chi connectivity index (χ4n) is 4.38. The number of benzene rings is 2. The third-order valence-corrected chi connectivity index (χ3v) is 6.66. The number of fused-ring (bicyclic) bond motifs is 3. The molecule has 2 aliphatic heterocycles. The SMILES string of the molecule is COc1ccc(C2C3=C(CC(C)(C)CC3=O)N=C3Sc4ccccc4N32)cc1. The molecule has 0 fully saturated rings. The number of anilines is 1. The minimum absolute atomic E-state index is 0.0529. The Labute approximate surface area is 169 Å². The number of ketones is 1. The molecular weight excluding hydrogens is 368 g/mol. The Bertz CT molecular complexity index is 1040. The lowest BCUT2D eigenvalue weighted by molar-refractivity contribution is -0.118. The van der Waals surface area contributed by atoms with Gasteiger partial charge in [-0.3, -0.25) is 4.79 Å². The maximum Gasteiger partial charge on any atom is 0.174 e. The molecule has 28 heavy (non-hydrogen) atoms. The second-order valence-corrected chi connectivity index (χ2v) is 9.32. The Kier molecular flexibility index (Phi) is 3.91. The van der Waals surface area contributed by atoms with Gasteiger partial charge < -0.3 is 9.64 Å². The molecule has 0 saturated heterocycles. The van der Waals surface area contributed by atoms with Crippen LogP contribution in [-0.2, 0) is 4.79 Å². The Balaban J connectivity index is 1.70. The number of allylic oxidation sites excluding steroid dienone is 1. The van der Waals surface area contributed by atoms with Crippen LogP contribution in [0.3, 0.4) is 0 Å². The normalized spacial score (nSPS) is 22.4. The van der Waals surface area contributed by atoms with Gasteiger partial charge in [-0.15, -0.1) is 0 Å². The molecule has 0 N–H and O–H groups in total. The molecule has 5 rings (SSSR count). The Hall–Kier alpha value is -2.53. The molecule has 5 heteroatoms. The number of Topliss-reactive ketones (excluding diaryl/α,β-unsaturated/α-hetero) is 1. The summed E-state index contributed by atoms with van der Waals surface area (Å²) in [5.41, 5.74) is 3.96. The lowest BCUT2D eigenvalue weighted by Gasteiger charge is -2.40. The number of ether oxygens (including phenoxy) is 1. The molecule has 4 nitrogen and oxygen atoms in total. The van der Waals surface area contributed by atoms with Crippen molar-refractivity contribution in [3.63, 3.8) is 0 Å². The van der Waals surface area contributed by atoms with E-state index in [0.717, 1.165) is 39.9 Å². The van der Waals surface area contributed by atoms with Crippen molar-refractivity contribution in [1.82, 2.24) is 0 Å². The van der Waals surface area contributed by atoms with Crippen molar-refractivity contribution in [3.05, 3.63) is 65.4 Å². The first-order valence-electron chi connectivity index (χ1n) is 9.52. The summed E-state index contributed by atoms with van der Waals surface area (Å²) in [5.74, 6) is 1.03. The van der Waals surface area contributed by atoms with E-state index in [-0.39, 0.29) is 17.2 Å². The zero-order valence-corrected chi connectivity index (χ0v) is 17.0. The van der Waals surface area contributed by atoms with E-state index in [1.165, 1.54) is 4.90 Å². The van der Waals surface area contributed by atoms with E-state index in [1.54, 1.807) is 18.9 Å². The van der Waals surface area contributed by atoms with Crippen LogP contribution in [0.1, 0.15) is 38.3 Å². The van der Waals surface area contributed by atoms with Crippen molar-refractivity contribution < 1.29 is 9.53 Å². The van der Waals surface area contributed by atoms with Crippen LogP contribution in [-0.4, -0.2) is 18.1 Å². The summed E-state index contributed by atoms with van der Waals surface area (Å²) >= 11 is 1.69. The van der Waals surface area contributed by atoms with Crippen LogP contribution in [0.25, 0.3) is 0 Å². The standard InChI is InChI=1S/C23H22N2O2S/c1-23(2)12-16-20(18(26)13-23)21(14-8-10-15(27-3)11-9-14)25-17-6-4-5-7-19(17)28-22(25)24-16/h4-11,21H,12-13H2,1-3H3. The zero-order chi connectivity index (χ0) is 19.5. The number of thioether (sulfide) groups is 1. The summed E-state index contributed by atoms with van der Waals surface area (Å²) in [5, 5.41) is 0.964. The fraction of sp³-hybridized carbons (Fsp3) is 0.304. The number of hydrogen-bond acceptors (Lipinski definition) is 5. The summed E-state index contributed by atoms with van der Waals surface area (Å²) in [6.07, 6.45) is 1.39. The molecular formula is C23H22N2O2S. The molecule has 0 saturated carbocycles. The topological polar surface area (TPSA) is 41.9 Å². The van der Waals surface area contributed by atoms with E-state index in [9.17, 15) is 4.79 Å². The van der Waals surface area contributed by atoms with Crippen LogP contribution in [0, 0.1) is 5.41 Å². The number of methoxy groups -OCH3 is 1. The minimum atomic E-state index is -0.145. The van der Waals surface area contributed by atoms with Crippen molar-refractivity contribution in [2.24, 2.45) is 10.4 Å². The number of para-hydroxylation sites is 1. The van der Waals surface area contributed by atoms with Gasteiger partial charge in [-0.05, 0) is 53.4 Å². The van der Waals surface area contributed by atoms with Crippen LogP contribution >= 0.6 is 11.8 Å². The number of hydrogen-bond donors (Lipinski definition) is 0. The minimum Gasteiger partial charge on any atom is -0.497 e. The summed E-state index contributed by atoms with van der Waals surface area (Å²) in [4.78, 5) is 21.7. The highest BCUT2D eigenvalue weighted by molar-refractivity contribution is 8.14. The van der Waals surface area contributed by atoms with E-state index in [1.807, 2.05) is 18.2 Å². The van der Waals surface area contributed by atoms with Crippen molar-refractivity contribution in [2.75, 3.05) is 12.0 Å². The van der Waals surface area contributed by atoms with Gasteiger partial charge in [-0.2, -0.15) is 0 Å². The number of rotatable bonds is 2. The van der Waals surface area contributed by atoms with Gasteiger partial charge in [0.1, 0.15) is 5.75 Å². The van der Waals surface area contributed by atoms with E-state index in [2.05, 4.69) is 49.1 Å². The highest BCUT2D eigenvalue weighted by atomic mass is 32.2. The lowest BCUT2D eigenvalue weighted by Crippen LogP contribution is -2.40. The first-order valence-corrected chi connectivity index (χ1v) is 10.3. The van der Waals surface area contributed by atoms with E-state index in [4.69, 9.17) is 9.73 Å². The first-order chi connectivity index (χ1) is 13.5. The maximum atomic E-state index is 13.3. The third kappa shape index (κ3) is 2.68. The molecule has 1 unspecified atom stereocenters. The molecule has 1 atom stereocenters. The Morgan fingerprint density at radius 1 is 1.11 bits per heavy atom. The summed E-state index contributed by atoms with van der Waals surface area (Å²) < 4.78 is 5.33. The lowest BCUT2D eigenvalue weighted by atomic mass is 9.73. The van der Waals surface area contributed by atoms with Gasteiger partial charge in [0, 0.05) is 16.9 Å². The molecule has 3 aliphatic rings. The Morgan fingerprint density at radius 2 is 1.86 bits per heavy atom. The van der Waals surface area contributed by atoms with Crippen LogP contribution < -0.4 is 9.64 Å². The molecule has 2 heterocycles. The molecule has 2 aromatic rings. The number of carbonyl (C=O) groups excluding carboxylic acids is 1. The number of carbonyl (C=O) groups is 1. The highest BCUT2D eigenvalue weighted by Gasteiger charge is 2.45. The predicted octanol–water partition coefficient (Wildman–Crippen LogP) is 5.36. The van der Waals surface area contributed by atoms with Crippen LogP contribution in [0.15, 0.2) is 69.7 Å². The van der Waals surface area contributed by atoms with Gasteiger partial charge in [0.15, 0.2) is 11.0 Å². The summed E-state index contributed by atoms with van der Waals surface area (Å²) in [6, 6.07) is 16.2. The van der Waals surface area contributed by atoms with Gasteiger partial charge in [0.2, 0.25) is 0 Å². The molecule has 0 bridgehead atoms. The van der Waals surface area contributed by atoms with Crippen molar-refractivity contribution in [3.8, 4) is 5.75 Å². The van der Waals surface area contributed by atoms with Crippen molar-refractivity contribution in [1.29, 1.82) is 0 Å². The second kappa shape index (κ2) is 6.24. The van der Waals surface area contributed by atoms with Crippen molar-refractivity contribution >= 4 is 28.4 Å². The van der Waals surface area contributed by atoms with E-state index in [0.29, 0.717) is 6.42 Å². The van der Waals surface area contributed by atoms with Gasteiger partial charge >= 0.3 is 0 Å². The zero-order valence-electron chi connectivity index (χ0n) is 16.2. The predicted molar refractivity (Wildman–Crippen MR) is 113 cm³/mol. The maximum absolute atomic E-state index is 13.3. The highest BCUT2D eigenvalue weighted by Crippen LogP contribution is 2.53. The second-order valence-electron chi connectivity index (χ2n) is 8.31. The fourth-order valence-corrected chi connectivity index (χ4v) is 5.45. The molecule has 0 aromatic heterocycles. The molecule has 142 valence electrons. The van der Waals surface area contributed by atoms with Crippen LogP contribution in [0.2, 0.25) is 0 Å². The average Bonchev–Trinajstić information content (AvgIpc) is 3.03. The molecule has 2 aromatic carbocycles.